The van der Waals surface area contributed by atoms with Gasteiger partial charge in [0, 0.05) is 31.7 Å². The van der Waals surface area contributed by atoms with Crippen LogP contribution in [0.1, 0.15) is 28.4 Å². The van der Waals surface area contributed by atoms with E-state index < -0.39 is 16.2 Å². The minimum atomic E-state index is -3.60. The fourth-order valence-electron chi connectivity index (χ4n) is 3.25. The zero-order chi connectivity index (χ0) is 22.6. The Labute approximate surface area is 182 Å². The SMILES string of the molecule is CCOC(=O)Oc1ccc(C(=O)N2CCN(S(=O)(=O)c3ccc(C)c(C)c3)CC2)cc1. The summed E-state index contributed by atoms with van der Waals surface area (Å²) >= 11 is 0. The summed E-state index contributed by atoms with van der Waals surface area (Å²) < 4.78 is 37.0. The van der Waals surface area contributed by atoms with E-state index in [9.17, 15) is 18.0 Å². The highest BCUT2D eigenvalue weighted by Gasteiger charge is 2.30. The number of carbonyl (C=O) groups excluding carboxylic acids is 2. The molecule has 1 aliphatic rings. The van der Waals surface area contributed by atoms with Crippen molar-refractivity contribution in [3.05, 3.63) is 59.2 Å². The van der Waals surface area contributed by atoms with Crippen molar-refractivity contribution in [2.75, 3.05) is 32.8 Å². The van der Waals surface area contributed by atoms with Gasteiger partial charge in [-0.05, 0) is 68.3 Å². The number of hydrogen-bond donors (Lipinski definition) is 0. The summed E-state index contributed by atoms with van der Waals surface area (Å²) in [4.78, 5) is 26.0. The summed E-state index contributed by atoms with van der Waals surface area (Å²) in [6.45, 7) is 6.75. The van der Waals surface area contributed by atoms with Gasteiger partial charge < -0.3 is 14.4 Å². The van der Waals surface area contributed by atoms with Gasteiger partial charge in [-0.3, -0.25) is 4.79 Å². The van der Waals surface area contributed by atoms with Gasteiger partial charge in [0.15, 0.2) is 0 Å². The first-order valence-electron chi connectivity index (χ1n) is 10.0. The van der Waals surface area contributed by atoms with E-state index in [2.05, 4.69) is 0 Å². The third-order valence-corrected chi connectivity index (χ3v) is 7.10. The Morgan fingerprint density at radius 1 is 0.935 bits per heavy atom. The average Bonchev–Trinajstić information content (AvgIpc) is 2.76. The van der Waals surface area contributed by atoms with E-state index in [0.29, 0.717) is 18.7 Å². The molecule has 0 radical (unpaired) electrons. The molecule has 3 rings (SSSR count). The summed E-state index contributed by atoms with van der Waals surface area (Å²) in [6, 6.07) is 11.3. The Morgan fingerprint density at radius 3 is 2.16 bits per heavy atom. The molecule has 1 fully saturated rings. The number of nitrogens with zero attached hydrogens (tertiary/aromatic N) is 2. The van der Waals surface area contributed by atoms with E-state index in [1.54, 1.807) is 42.2 Å². The highest BCUT2D eigenvalue weighted by molar-refractivity contribution is 7.89. The van der Waals surface area contributed by atoms with Crippen LogP contribution in [0.15, 0.2) is 47.4 Å². The van der Waals surface area contributed by atoms with Crippen LogP contribution < -0.4 is 4.74 Å². The highest BCUT2D eigenvalue weighted by Crippen LogP contribution is 2.21. The molecule has 0 atom stereocenters. The Bertz CT molecular complexity index is 1060. The number of rotatable bonds is 5. The van der Waals surface area contributed by atoms with Gasteiger partial charge in [-0.25, -0.2) is 13.2 Å². The monoisotopic (exact) mass is 446 g/mol. The van der Waals surface area contributed by atoms with Crippen molar-refractivity contribution in [1.82, 2.24) is 9.21 Å². The number of aryl methyl sites for hydroxylation is 2. The molecule has 0 aromatic heterocycles. The smallest absolute Gasteiger partial charge is 0.434 e. The third-order valence-electron chi connectivity index (χ3n) is 5.21. The van der Waals surface area contributed by atoms with Crippen molar-refractivity contribution < 1.29 is 27.5 Å². The van der Waals surface area contributed by atoms with Crippen molar-refractivity contribution in [2.24, 2.45) is 0 Å². The van der Waals surface area contributed by atoms with Crippen LogP contribution in [0, 0.1) is 13.8 Å². The lowest BCUT2D eigenvalue weighted by molar-refractivity contribution is 0.0698. The molecule has 1 amide bonds. The highest BCUT2D eigenvalue weighted by atomic mass is 32.2. The lowest BCUT2D eigenvalue weighted by atomic mass is 10.1. The standard InChI is InChI=1S/C22H26N2O6S/c1-4-29-22(26)30-19-8-6-18(7-9-19)21(25)23-11-13-24(14-12-23)31(27,28)20-10-5-16(2)17(3)15-20/h5-10,15H,4,11-14H2,1-3H3. The topological polar surface area (TPSA) is 93.2 Å². The molecule has 0 aliphatic carbocycles. The fourth-order valence-corrected chi connectivity index (χ4v) is 4.75. The fraction of sp³-hybridized carbons (Fsp3) is 0.364. The van der Waals surface area contributed by atoms with Gasteiger partial charge in [0.25, 0.3) is 5.91 Å². The number of sulfonamides is 1. The maximum absolute atomic E-state index is 12.9. The summed E-state index contributed by atoms with van der Waals surface area (Å²) in [7, 11) is -3.60. The minimum absolute atomic E-state index is 0.203. The van der Waals surface area contributed by atoms with Crippen LogP contribution in [0.5, 0.6) is 5.75 Å². The zero-order valence-electron chi connectivity index (χ0n) is 17.8. The first-order chi connectivity index (χ1) is 14.7. The minimum Gasteiger partial charge on any atom is -0.434 e. The normalized spacial score (nSPS) is 14.9. The Morgan fingerprint density at radius 2 is 1.58 bits per heavy atom. The third kappa shape index (κ3) is 5.23. The molecule has 0 saturated carbocycles. The first-order valence-corrected chi connectivity index (χ1v) is 11.5. The summed E-state index contributed by atoms with van der Waals surface area (Å²) in [5, 5.41) is 0. The van der Waals surface area contributed by atoms with Crippen LogP contribution >= 0.6 is 0 Å². The number of ether oxygens (including phenoxy) is 2. The number of hydrogen-bond acceptors (Lipinski definition) is 6. The molecule has 1 aliphatic heterocycles. The molecule has 2 aromatic carbocycles. The van der Waals surface area contributed by atoms with Crippen LogP contribution in [0.3, 0.4) is 0 Å². The van der Waals surface area contributed by atoms with Crippen molar-refractivity contribution in [1.29, 1.82) is 0 Å². The second-order valence-electron chi connectivity index (χ2n) is 7.25. The molecule has 9 heteroatoms. The van der Waals surface area contributed by atoms with E-state index in [1.165, 1.54) is 16.4 Å². The molecule has 31 heavy (non-hydrogen) atoms. The van der Waals surface area contributed by atoms with Gasteiger partial charge >= 0.3 is 6.16 Å². The largest absolute Gasteiger partial charge is 0.513 e. The maximum Gasteiger partial charge on any atom is 0.513 e. The number of amides is 1. The number of carbonyl (C=O) groups is 2. The van der Waals surface area contributed by atoms with E-state index >= 15 is 0 Å². The first kappa shape index (κ1) is 22.8. The van der Waals surface area contributed by atoms with Crippen LogP contribution in [0.25, 0.3) is 0 Å². The second kappa shape index (κ2) is 9.49. The molecule has 1 heterocycles. The molecule has 0 bridgehead atoms. The average molecular weight is 447 g/mol. The lowest BCUT2D eigenvalue weighted by Crippen LogP contribution is -2.50. The quantitative estimate of drug-likeness (QED) is 0.518. The van der Waals surface area contributed by atoms with Crippen LogP contribution in [-0.4, -0.2) is 62.5 Å². The van der Waals surface area contributed by atoms with E-state index in [1.807, 2.05) is 13.8 Å². The van der Waals surface area contributed by atoms with Crippen LogP contribution in [0.2, 0.25) is 0 Å². The van der Waals surface area contributed by atoms with Crippen LogP contribution in [0.4, 0.5) is 4.79 Å². The van der Waals surface area contributed by atoms with Gasteiger partial charge in [0.05, 0.1) is 11.5 Å². The predicted molar refractivity (Wildman–Crippen MR) is 115 cm³/mol. The summed E-state index contributed by atoms with van der Waals surface area (Å²) in [6.07, 6.45) is -0.803. The van der Waals surface area contributed by atoms with Crippen molar-refractivity contribution in [3.8, 4) is 5.75 Å². The van der Waals surface area contributed by atoms with Crippen molar-refractivity contribution >= 4 is 22.1 Å². The van der Waals surface area contributed by atoms with E-state index in [0.717, 1.165) is 11.1 Å². The predicted octanol–water partition coefficient (Wildman–Crippen LogP) is 2.99. The molecule has 0 N–H and O–H groups in total. The molecule has 2 aromatic rings. The summed E-state index contributed by atoms with van der Waals surface area (Å²) in [5.74, 6) is 0.0743. The summed E-state index contributed by atoms with van der Waals surface area (Å²) in [5.41, 5.74) is 2.39. The van der Waals surface area contributed by atoms with Gasteiger partial charge in [-0.2, -0.15) is 4.31 Å². The van der Waals surface area contributed by atoms with Crippen LogP contribution in [-0.2, 0) is 14.8 Å². The molecular formula is C22H26N2O6S. The molecule has 1 saturated heterocycles. The van der Waals surface area contributed by atoms with E-state index in [4.69, 9.17) is 9.47 Å². The number of piperazine rings is 1. The molecule has 0 spiro atoms. The van der Waals surface area contributed by atoms with Gasteiger partial charge in [-0.15, -0.1) is 0 Å². The molecule has 8 nitrogen and oxygen atoms in total. The van der Waals surface area contributed by atoms with E-state index in [-0.39, 0.29) is 36.2 Å². The number of benzene rings is 2. The molecular weight excluding hydrogens is 420 g/mol. The molecule has 166 valence electrons. The van der Waals surface area contributed by atoms with Crippen molar-refractivity contribution in [3.63, 3.8) is 0 Å². The van der Waals surface area contributed by atoms with Gasteiger partial charge in [0.2, 0.25) is 10.0 Å². The van der Waals surface area contributed by atoms with Gasteiger partial charge in [-0.1, -0.05) is 6.07 Å². The van der Waals surface area contributed by atoms with Gasteiger partial charge in [0.1, 0.15) is 5.75 Å². The second-order valence-corrected chi connectivity index (χ2v) is 9.19. The zero-order valence-corrected chi connectivity index (χ0v) is 18.6. The molecule has 0 unspecified atom stereocenters. The van der Waals surface area contributed by atoms with Crippen molar-refractivity contribution in [2.45, 2.75) is 25.7 Å². The maximum atomic E-state index is 12.9. The Kier molecular flexibility index (Phi) is 6.97. The Hall–Kier alpha value is -2.91. The Balaban J connectivity index is 1.61. The lowest BCUT2D eigenvalue weighted by Gasteiger charge is -2.34.